The molecule has 0 bridgehead atoms. The van der Waals surface area contributed by atoms with Crippen LogP contribution in [0, 0.1) is 0 Å². The minimum absolute atomic E-state index is 0.194. The third-order valence-corrected chi connectivity index (χ3v) is 3.96. The first kappa shape index (κ1) is 19.6. The number of benzene rings is 2. The van der Waals surface area contributed by atoms with Crippen molar-refractivity contribution in [2.24, 2.45) is 0 Å². The summed E-state index contributed by atoms with van der Waals surface area (Å²) in [4.78, 5) is 25.9. The van der Waals surface area contributed by atoms with Crippen molar-refractivity contribution in [2.45, 2.75) is 6.54 Å². The van der Waals surface area contributed by atoms with E-state index in [-0.39, 0.29) is 23.8 Å². The second-order valence-corrected chi connectivity index (χ2v) is 5.93. The SMILES string of the molecule is COc1cccc(C(=O)OCC(=O)N(C)Cc2ccc(Cl)cc2)c1OC. The molecule has 0 atom stereocenters. The fourth-order valence-electron chi connectivity index (χ4n) is 2.31. The highest BCUT2D eigenvalue weighted by Gasteiger charge is 2.19. The summed E-state index contributed by atoms with van der Waals surface area (Å²) in [6.45, 7) is 0.0132. The molecule has 7 heteroatoms. The van der Waals surface area contributed by atoms with Gasteiger partial charge in [0.15, 0.2) is 18.1 Å². The third-order valence-electron chi connectivity index (χ3n) is 3.71. The fraction of sp³-hybridized carbons (Fsp3) is 0.263. The summed E-state index contributed by atoms with van der Waals surface area (Å²) in [5.41, 5.74) is 1.12. The summed E-state index contributed by atoms with van der Waals surface area (Å²) < 4.78 is 15.5. The first-order chi connectivity index (χ1) is 12.5. The van der Waals surface area contributed by atoms with Gasteiger partial charge in [-0.1, -0.05) is 29.8 Å². The molecule has 6 nitrogen and oxygen atoms in total. The molecule has 0 spiro atoms. The summed E-state index contributed by atoms with van der Waals surface area (Å²) in [5.74, 6) is -0.306. The molecule has 0 saturated heterocycles. The lowest BCUT2D eigenvalue weighted by atomic mass is 10.2. The molecule has 26 heavy (non-hydrogen) atoms. The maximum atomic E-state index is 12.3. The second kappa shape index (κ2) is 9.10. The number of amides is 1. The molecule has 0 unspecified atom stereocenters. The zero-order valence-corrected chi connectivity index (χ0v) is 15.6. The molecule has 2 aromatic carbocycles. The molecule has 1 amide bonds. The van der Waals surface area contributed by atoms with Gasteiger partial charge in [-0.2, -0.15) is 0 Å². The smallest absolute Gasteiger partial charge is 0.342 e. The molecule has 0 aliphatic rings. The van der Waals surface area contributed by atoms with Gasteiger partial charge in [0.1, 0.15) is 5.56 Å². The van der Waals surface area contributed by atoms with E-state index in [1.54, 1.807) is 37.4 Å². The van der Waals surface area contributed by atoms with Gasteiger partial charge in [-0.3, -0.25) is 4.79 Å². The van der Waals surface area contributed by atoms with Crippen molar-refractivity contribution in [2.75, 3.05) is 27.9 Å². The van der Waals surface area contributed by atoms with Crippen LogP contribution in [0.25, 0.3) is 0 Å². The van der Waals surface area contributed by atoms with Gasteiger partial charge in [0.05, 0.1) is 14.2 Å². The van der Waals surface area contributed by atoms with Crippen LogP contribution in [0.4, 0.5) is 0 Å². The Kier molecular flexibility index (Phi) is 6.86. The molecule has 0 heterocycles. The van der Waals surface area contributed by atoms with Gasteiger partial charge in [0.2, 0.25) is 0 Å². The van der Waals surface area contributed by atoms with Crippen molar-refractivity contribution in [1.29, 1.82) is 0 Å². The van der Waals surface area contributed by atoms with Crippen molar-refractivity contribution < 1.29 is 23.8 Å². The van der Waals surface area contributed by atoms with Crippen molar-refractivity contribution in [3.05, 3.63) is 58.6 Å². The van der Waals surface area contributed by atoms with E-state index in [1.807, 2.05) is 12.1 Å². The van der Waals surface area contributed by atoms with Gasteiger partial charge >= 0.3 is 5.97 Å². The normalized spacial score (nSPS) is 10.2. The predicted molar refractivity (Wildman–Crippen MR) is 97.8 cm³/mol. The molecule has 138 valence electrons. The molecule has 0 N–H and O–H groups in total. The lowest BCUT2D eigenvalue weighted by molar-refractivity contribution is -0.133. The highest BCUT2D eigenvalue weighted by molar-refractivity contribution is 6.30. The topological polar surface area (TPSA) is 65.1 Å². The molecule has 0 saturated carbocycles. The zero-order chi connectivity index (χ0) is 19.1. The Balaban J connectivity index is 1.96. The first-order valence-corrected chi connectivity index (χ1v) is 8.20. The number of carbonyl (C=O) groups is 2. The Bertz CT molecular complexity index is 776. The Morgan fingerprint density at radius 3 is 2.35 bits per heavy atom. The van der Waals surface area contributed by atoms with Gasteiger partial charge in [0, 0.05) is 18.6 Å². The molecule has 2 aromatic rings. The summed E-state index contributed by atoms with van der Waals surface area (Å²) in [6.07, 6.45) is 0. The Labute approximate surface area is 157 Å². The Morgan fingerprint density at radius 2 is 1.73 bits per heavy atom. The zero-order valence-electron chi connectivity index (χ0n) is 14.8. The number of halogens is 1. The lowest BCUT2D eigenvalue weighted by Crippen LogP contribution is -2.30. The molecule has 0 aromatic heterocycles. The highest BCUT2D eigenvalue weighted by Crippen LogP contribution is 2.31. The number of likely N-dealkylation sites (N-methyl/N-ethyl adjacent to an activating group) is 1. The van der Waals surface area contributed by atoms with E-state index < -0.39 is 5.97 Å². The summed E-state index contributed by atoms with van der Waals surface area (Å²) in [5, 5.41) is 0.629. The number of hydrogen-bond acceptors (Lipinski definition) is 5. The van der Waals surface area contributed by atoms with Gasteiger partial charge < -0.3 is 19.1 Å². The molecule has 2 rings (SSSR count). The van der Waals surface area contributed by atoms with E-state index in [9.17, 15) is 9.59 Å². The van der Waals surface area contributed by atoms with Crippen LogP contribution in [0.2, 0.25) is 5.02 Å². The average molecular weight is 378 g/mol. The molecule has 0 aliphatic carbocycles. The number of ether oxygens (including phenoxy) is 3. The van der Waals surface area contributed by atoms with Crippen LogP contribution in [-0.4, -0.2) is 44.7 Å². The Morgan fingerprint density at radius 1 is 1.04 bits per heavy atom. The molecule has 0 fully saturated rings. The third kappa shape index (κ3) is 4.89. The van der Waals surface area contributed by atoms with Gasteiger partial charge in [-0.25, -0.2) is 4.79 Å². The summed E-state index contributed by atoms with van der Waals surface area (Å²) >= 11 is 5.84. The standard InChI is InChI=1S/C19H20ClNO5/c1-21(11-13-7-9-14(20)10-8-13)17(22)12-26-19(23)15-5-4-6-16(24-2)18(15)25-3/h4-10H,11-12H2,1-3H3. The van der Waals surface area contributed by atoms with E-state index in [0.717, 1.165) is 5.56 Å². The fourth-order valence-corrected chi connectivity index (χ4v) is 2.44. The second-order valence-electron chi connectivity index (χ2n) is 5.49. The van der Waals surface area contributed by atoms with E-state index in [4.69, 9.17) is 25.8 Å². The number of rotatable bonds is 7. The Hall–Kier alpha value is -2.73. The van der Waals surface area contributed by atoms with Crippen molar-refractivity contribution >= 4 is 23.5 Å². The maximum absolute atomic E-state index is 12.3. The summed E-state index contributed by atoms with van der Waals surface area (Å²) in [6, 6.07) is 12.0. The number of methoxy groups -OCH3 is 2. The number of carbonyl (C=O) groups excluding carboxylic acids is 2. The molecule has 0 aliphatic heterocycles. The average Bonchev–Trinajstić information content (AvgIpc) is 2.66. The number of para-hydroxylation sites is 1. The monoisotopic (exact) mass is 377 g/mol. The van der Waals surface area contributed by atoms with Crippen molar-refractivity contribution in [3.8, 4) is 11.5 Å². The lowest BCUT2D eigenvalue weighted by Gasteiger charge is -2.17. The van der Waals surface area contributed by atoms with E-state index in [1.165, 1.54) is 19.1 Å². The minimum Gasteiger partial charge on any atom is -0.493 e. The van der Waals surface area contributed by atoms with Crippen LogP contribution in [0.15, 0.2) is 42.5 Å². The highest BCUT2D eigenvalue weighted by atomic mass is 35.5. The summed E-state index contributed by atoms with van der Waals surface area (Å²) in [7, 11) is 4.54. The minimum atomic E-state index is -0.658. The number of hydrogen-bond donors (Lipinski definition) is 0. The molecular weight excluding hydrogens is 358 g/mol. The van der Waals surface area contributed by atoms with Gasteiger partial charge in [-0.15, -0.1) is 0 Å². The van der Waals surface area contributed by atoms with Crippen LogP contribution in [0.1, 0.15) is 15.9 Å². The van der Waals surface area contributed by atoms with Crippen LogP contribution in [0.3, 0.4) is 0 Å². The number of nitrogens with zero attached hydrogens (tertiary/aromatic N) is 1. The largest absolute Gasteiger partial charge is 0.493 e. The quantitative estimate of drug-likeness (QED) is 0.693. The van der Waals surface area contributed by atoms with Gasteiger partial charge in [-0.05, 0) is 29.8 Å². The maximum Gasteiger partial charge on any atom is 0.342 e. The first-order valence-electron chi connectivity index (χ1n) is 7.82. The molecule has 0 radical (unpaired) electrons. The van der Waals surface area contributed by atoms with E-state index in [2.05, 4.69) is 0 Å². The van der Waals surface area contributed by atoms with Crippen LogP contribution >= 0.6 is 11.6 Å². The van der Waals surface area contributed by atoms with Crippen LogP contribution < -0.4 is 9.47 Å². The predicted octanol–water partition coefficient (Wildman–Crippen LogP) is 3.17. The number of esters is 1. The van der Waals surface area contributed by atoms with Crippen LogP contribution in [0.5, 0.6) is 11.5 Å². The van der Waals surface area contributed by atoms with Crippen molar-refractivity contribution in [3.63, 3.8) is 0 Å². The molecular formula is C19H20ClNO5. The van der Waals surface area contributed by atoms with E-state index in [0.29, 0.717) is 17.3 Å². The van der Waals surface area contributed by atoms with Crippen molar-refractivity contribution in [1.82, 2.24) is 4.90 Å². The van der Waals surface area contributed by atoms with E-state index >= 15 is 0 Å². The van der Waals surface area contributed by atoms with Crippen LogP contribution in [-0.2, 0) is 16.1 Å². The van der Waals surface area contributed by atoms with Gasteiger partial charge in [0.25, 0.3) is 5.91 Å².